The molecule has 1 saturated heterocycles. The van der Waals surface area contributed by atoms with Crippen LogP contribution in [0.3, 0.4) is 0 Å². The first kappa shape index (κ1) is 20.7. The van der Waals surface area contributed by atoms with Crippen molar-refractivity contribution < 1.29 is 0 Å². The fourth-order valence-electron chi connectivity index (χ4n) is 4.47. The van der Waals surface area contributed by atoms with E-state index in [-0.39, 0.29) is 5.92 Å². The lowest BCUT2D eigenvalue weighted by molar-refractivity contribution is 0.200. The SMILES string of the molecule is N#CC1CCN(CCn2cc(-c3cncc(-c4cccc(Cl)c4)c3)c3ncccc32)CC1. The van der Waals surface area contributed by atoms with Gasteiger partial charge in [-0.3, -0.25) is 9.97 Å². The molecule has 5 nitrogen and oxygen atoms in total. The number of nitrogens with zero attached hydrogens (tertiary/aromatic N) is 5. The van der Waals surface area contributed by atoms with Gasteiger partial charge in [0.1, 0.15) is 0 Å². The summed E-state index contributed by atoms with van der Waals surface area (Å²) in [7, 11) is 0. The fraction of sp³-hybridized carbons (Fsp3) is 0.269. The first-order valence-corrected chi connectivity index (χ1v) is 11.4. The Morgan fingerprint density at radius 2 is 1.84 bits per heavy atom. The second-order valence-electron chi connectivity index (χ2n) is 8.32. The summed E-state index contributed by atoms with van der Waals surface area (Å²) in [6.07, 6.45) is 9.74. The van der Waals surface area contributed by atoms with Crippen LogP contribution in [0, 0.1) is 17.2 Å². The van der Waals surface area contributed by atoms with Gasteiger partial charge in [-0.25, -0.2) is 0 Å². The largest absolute Gasteiger partial charge is 0.344 e. The van der Waals surface area contributed by atoms with E-state index in [4.69, 9.17) is 21.8 Å². The quantitative estimate of drug-likeness (QED) is 0.401. The van der Waals surface area contributed by atoms with E-state index in [1.165, 1.54) is 0 Å². The molecule has 0 radical (unpaired) electrons. The number of hydrogen-bond donors (Lipinski definition) is 0. The smallest absolute Gasteiger partial charge is 0.0959 e. The predicted octanol–water partition coefficient (Wildman–Crippen LogP) is 5.65. The molecule has 0 spiro atoms. The summed E-state index contributed by atoms with van der Waals surface area (Å²) in [5.41, 5.74) is 6.31. The van der Waals surface area contributed by atoms with Crippen LogP contribution in [0.5, 0.6) is 0 Å². The molecule has 160 valence electrons. The van der Waals surface area contributed by atoms with Crippen LogP contribution in [0.1, 0.15) is 12.8 Å². The van der Waals surface area contributed by atoms with Crippen molar-refractivity contribution in [2.24, 2.45) is 5.92 Å². The normalized spacial score (nSPS) is 15.1. The third-order valence-corrected chi connectivity index (χ3v) is 6.51. The van der Waals surface area contributed by atoms with Crippen LogP contribution in [0.2, 0.25) is 5.02 Å². The van der Waals surface area contributed by atoms with Crippen molar-refractivity contribution in [2.75, 3.05) is 19.6 Å². The third-order valence-electron chi connectivity index (χ3n) is 6.27. The Labute approximate surface area is 192 Å². The fourth-order valence-corrected chi connectivity index (χ4v) is 4.66. The Hall–Kier alpha value is -3.20. The monoisotopic (exact) mass is 441 g/mol. The zero-order valence-corrected chi connectivity index (χ0v) is 18.5. The zero-order chi connectivity index (χ0) is 21.9. The molecule has 0 atom stereocenters. The molecule has 0 N–H and O–H groups in total. The van der Waals surface area contributed by atoms with Crippen LogP contribution in [-0.4, -0.2) is 39.1 Å². The molecule has 4 aromatic rings. The van der Waals surface area contributed by atoms with Gasteiger partial charge >= 0.3 is 0 Å². The number of aromatic nitrogens is 3. The maximum Gasteiger partial charge on any atom is 0.0959 e. The highest BCUT2D eigenvalue weighted by Crippen LogP contribution is 2.32. The molecule has 0 saturated carbocycles. The number of pyridine rings is 2. The summed E-state index contributed by atoms with van der Waals surface area (Å²) in [6, 6.07) is 16.5. The number of nitriles is 1. The summed E-state index contributed by atoms with van der Waals surface area (Å²) >= 11 is 6.19. The minimum absolute atomic E-state index is 0.216. The van der Waals surface area contributed by atoms with Gasteiger partial charge in [0.2, 0.25) is 0 Å². The molecule has 3 aromatic heterocycles. The number of benzene rings is 1. The Morgan fingerprint density at radius 1 is 1.00 bits per heavy atom. The number of hydrogen-bond acceptors (Lipinski definition) is 4. The molecule has 0 aliphatic carbocycles. The zero-order valence-electron chi connectivity index (χ0n) is 17.8. The molecule has 1 aliphatic rings. The van der Waals surface area contributed by atoms with Gasteiger partial charge in [-0.15, -0.1) is 0 Å². The Bertz CT molecular complexity index is 1280. The van der Waals surface area contributed by atoms with Crippen molar-refractivity contribution in [1.82, 2.24) is 19.4 Å². The highest BCUT2D eigenvalue weighted by Gasteiger charge is 2.19. The van der Waals surface area contributed by atoms with E-state index < -0.39 is 0 Å². The molecule has 0 amide bonds. The average Bonchev–Trinajstić information content (AvgIpc) is 3.22. The molecular formula is C26H24ClN5. The van der Waals surface area contributed by atoms with E-state index in [1.807, 2.05) is 48.9 Å². The number of likely N-dealkylation sites (tertiary alicyclic amines) is 1. The Kier molecular flexibility index (Phi) is 5.89. The molecule has 5 rings (SSSR count). The molecule has 6 heteroatoms. The highest BCUT2D eigenvalue weighted by atomic mass is 35.5. The standard InChI is InChI=1S/C26H24ClN5/c27-23-4-1-3-20(14-23)21-13-22(17-29-16-21)24-18-32(25-5-2-8-30-26(24)25)12-11-31-9-6-19(15-28)7-10-31/h1-5,8,13-14,16-19H,6-7,9-12H2. The Balaban J connectivity index is 1.43. The molecule has 4 heterocycles. The number of rotatable bonds is 5. The van der Waals surface area contributed by atoms with E-state index in [1.54, 1.807) is 0 Å². The van der Waals surface area contributed by atoms with Crippen molar-refractivity contribution >= 4 is 22.6 Å². The van der Waals surface area contributed by atoms with Crippen LogP contribution in [0.25, 0.3) is 33.3 Å². The minimum Gasteiger partial charge on any atom is -0.344 e. The van der Waals surface area contributed by atoms with Crippen LogP contribution in [0.15, 0.2) is 67.3 Å². The molecule has 0 bridgehead atoms. The van der Waals surface area contributed by atoms with E-state index in [9.17, 15) is 0 Å². The molecule has 0 unspecified atom stereocenters. The van der Waals surface area contributed by atoms with Crippen molar-refractivity contribution in [1.29, 1.82) is 5.26 Å². The summed E-state index contributed by atoms with van der Waals surface area (Å²) in [6.45, 7) is 3.85. The molecule has 1 aliphatic heterocycles. The van der Waals surface area contributed by atoms with Gasteiger partial charge in [0, 0.05) is 65.5 Å². The number of halogens is 1. The maximum atomic E-state index is 9.13. The van der Waals surface area contributed by atoms with E-state index >= 15 is 0 Å². The first-order valence-electron chi connectivity index (χ1n) is 11.0. The topological polar surface area (TPSA) is 57.7 Å². The average molecular weight is 442 g/mol. The van der Waals surface area contributed by atoms with Crippen molar-refractivity contribution in [3.63, 3.8) is 0 Å². The lowest BCUT2D eigenvalue weighted by Crippen LogP contribution is -2.35. The van der Waals surface area contributed by atoms with Crippen LogP contribution in [-0.2, 0) is 6.54 Å². The first-order chi connectivity index (χ1) is 15.7. The molecular weight excluding hydrogens is 418 g/mol. The van der Waals surface area contributed by atoms with E-state index in [0.29, 0.717) is 5.02 Å². The van der Waals surface area contributed by atoms with E-state index in [0.717, 1.165) is 72.3 Å². The Morgan fingerprint density at radius 3 is 2.66 bits per heavy atom. The molecule has 1 fully saturated rings. The summed E-state index contributed by atoms with van der Waals surface area (Å²) in [5.74, 6) is 0.216. The maximum absolute atomic E-state index is 9.13. The lowest BCUT2D eigenvalue weighted by Gasteiger charge is -2.29. The number of fused-ring (bicyclic) bond motifs is 1. The van der Waals surface area contributed by atoms with Crippen LogP contribution in [0.4, 0.5) is 0 Å². The van der Waals surface area contributed by atoms with Gasteiger partial charge in [0.05, 0.1) is 17.1 Å². The van der Waals surface area contributed by atoms with Crippen molar-refractivity contribution in [2.45, 2.75) is 19.4 Å². The van der Waals surface area contributed by atoms with Gasteiger partial charge in [0.25, 0.3) is 0 Å². The van der Waals surface area contributed by atoms with Crippen LogP contribution >= 0.6 is 11.6 Å². The second-order valence-corrected chi connectivity index (χ2v) is 8.76. The summed E-state index contributed by atoms with van der Waals surface area (Å²) in [5, 5.41) is 9.84. The molecule has 32 heavy (non-hydrogen) atoms. The van der Waals surface area contributed by atoms with Gasteiger partial charge < -0.3 is 9.47 Å². The van der Waals surface area contributed by atoms with Gasteiger partial charge in [-0.05, 0) is 61.8 Å². The predicted molar refractivity (Wildman–Crippen MR) is 128 cm³/mol. The second kappa shape index (κ2) is 9.12. The van der Waals surface area contributed by atoms with Crippen LogP contribution < -0.4 is 0 Å². The highest BCUT2D eigenvalue weighted by molar-refractivity contribution is 6.30. The van der Waals surface area contributed by atoms with Crippen molar-refractivity contribution in [3.8, 4) is 28.3 Å². The van der Waals surface area contributed by atoms with E-state index in [2.05, 4.69) is 38.8 Å². The summed E-state index contributed by atoms with van der Waals surface area (Å²) in [4.78, 5) is 11.6. The van der Waals surface area contributed by atoms with Gasteiger partial charge in [0.15, 0.2) is 0 Å². The third kappa shape index (κ3) is 4.25. The number of piperidine rings is 1. The van der Waals surface area contributed by atoms with Gasteiger partial charge in [-0.1, -0.05) is 23.7 Å². The summed E-state index contributed by atoms with van der Waals surface area (Å²) < 4.78 is 2.29. The molecule has 1 aromatic carbocycles. The minimum atomic E-state index is 0.216. The van der Waals surface area contributed by atoms with Crippen molar-refractivity contribution in [3.05, 3.63) is 72.3 Å². The lowest BCUT2D eigenvalue weighted by atomic mass is 9.99. The van der Waals surface area contributed by atoms with Gasteiger partial charge in [-0.2, -0.15) is 5.26 Å².